The monoisotopic (exact) mass is 290 g/mol. The molecular formula is C14H15FN4O2. The highest BCUT2D eigenvalue weighted by Crippen LogP contribution is 2.45. The standard InChI is InChI=1S/C14H15FN4O2/c15-10-3-4-12-13(7-10)19(21)17-14(18(12)20)16-11-6-8-1-2-9(11)5-8/h3-4,7-9,11H,1-2,5-6H2,(H,16,17)/t8-,9-,11-/m1/s1. The first-order valence-corrected chi connectivity index (χ1v) is 7.21. The average Bonchev–Trinajstić information content (AvgIpc) is 3.07. The van der Waals surface area contributed by atoms with E-state index in [1.54, 1.807) is 0 Å². The van der Waals surface area contributed by atoms with E-state index >= 15 is 0 Å². The molecule has 1 aromatic carbocycles. The van der Waals surface area contributed by atoms with Crippen molar-refractivity contribution in [1.82, 2.24) is 5.10 Å². The van der Waals surface area contributed by atoms with Gasteiger partial charge in [0.25, 0.3) is 0 Å². The summed E-state index contributed by atoms with van der Waals surface area (Å²) in [7, 11) is 0. The van der Waals surface area contributed by atoms with Crippen LogP contribution in [0.1, 0.15) is 25.7 Å². The molecule has 0 unspecified atom stereocenters. The zero-order chi connectivity index (χ0) is 14.6. The lowest BCUT2D eigenvalue weighted by Gasteiger charge is -2.20. The lowest BCUT2D eigenvalue weighted by atomic mass is 9.95. The summed E-state index contributed by atoms with van der Waals surface area (Å²) in [4.78, 5) is 0.308. The average molecular weight is 290 g/mol. The Balaban J connectivity index is 1.72. The first-order chi connectivity index (χ1) is 10.1. The van der Waals surface area contributed by atoms with Crippen LogP contribution in [0.15, 0.2) is 18.2 Å². The molecule has 3 atom stereocenters. The summed E-state index contributed by atoms with van der Waals surface area (Å²) in [5.74, 6) is 0.715. The Morgan fingerprint density at radius 3 is 2.76 bits per heavy atom. The molecule has 21 heavy (non-hydrogen) atoms. The van der Waals surface area contributed by atoms with Crippen molar-refractivity contribution >= 4 is 17.0 Å². The van der Waals surface area contributed by atoms with Crippen molar-refractivity contribution in [3.05, 3.63) is 34.4 Å². The van der Waals surface area contributed by atoms with Gasteiger partial charge < -0.3 is 10.4 Å². The molecule has 2 fully saturated rings. The summed E-state index contributed by atoms with van der Waals surface area (Å²) in [6.07, 6.45) is 4.63. The van der Waals surface area contributed by atoms with Crippen LogP contribution in [0, 0.1) is 28.1 Å². The molecule has 2 aliphatic rings. The van der Waals surface area contributed by atoms with Gasteiger partial charge >= 0.3 is 11.5 Å². The minimum Gasteiger partial charge on any atom is -0.739 e. The summed E-state index contributed by atoms with van der Waals surface area (Å²) in [6, 6.07) is 3.69. The predicted octanol–water partition coefficient (Wildman–Crippen LogP) is 1.24. The third kappa shape index (κ3) is 1.95. The number of nitrogens with one attached hydrogen (secondary N) is 1. The minimum atomic E-state index is -0.567. The first-order valence-electron chi connectivity index (χ1n) is 7.21. The Bertz CT molecular complexity index is 724. The van der Waals surface area contributed by atoms with Crippen LogP contribution in [0.5, 0.6) is 0 Å². The Labute approximate surface area is 120 Å². The maximum atomic E-state index is 13.2. The second-order valence-electron chi connectivity index (χ2n) is 6.05. The second kappa shape index (κ2) is 4.41. The smallest absolute Gasteiger partial charge is 0.461 e. The highest BCUT2D eigenvalue weighted by molar-refractivity contribution is 5.67. The number of aromatic nitrogens is 3. The molecule has 1 N–H and O–H groups in total. The zero-order valence-corrected chi connectivity index (χ0v) is 11.3. The number of hydrogen-bond acceptors (Lipinski definition) is 4. The van der Waals surface area contributed by atoms with E-state index in [2.05, 4.69) is 10.4 Å². The highest BCUT2D eigenvalue weighted by Gasteiger charge is 2.42. The van der Waals surface area contributed by atoms with Gasteiger partial charge in [0.1, 0.15) is 5.82 Å². The van der Waals surface area contributed by atoms with E-state index in [0.717, 1.165) is 30.9 Å². The molecule has 0 saturated heterocycles. The van der Waals surface area contributed by atoms with Crippen molar-refractivity contribution in [3.8, 4) is 0 Å². The molecule has 2 aliphatic carbocycles. The van der Waals surface area contributed by atoms with Crippen LogP contribution < -0.4 is 14.9 Å². The quantitative estimate of drug-likeness (QED) is 0.666. The lowest BCUT2D eigenvalue weighted by molar-refractivity contribution is -0.672. The number of hydrogen-bond donors (Lipinski definition) is 1. The molecule has 6 nitrogen and oxygen atoms in total. The number of nitrogens with zero attached hydrogens (tertiary/aromatic N) is 3. The van der Waals surface area contributed by atoms with E-state index in [-0.39, 0.29) is 23.0 Å². The predicted molar refractivity (Wildman–Crippen MR) is 72.5 cm³/mol. The highest BCUT2D eigenvalue weighted by atomic mass is 19.1. The first kappa shape index (κ1) is 12.6. The molecule has 2 saturated carbocycles. The molecule has 4 rings (SSSR count). The van der Waals surface area contributed by atoms with Gasteiger partial charge in [-0.05, 0) is 49.7 Å². The largest absolute Gasteiger partial charge is 0.739 e. The lowest BCUT2D eigenvalue weighted by Crippen LogP contribution is -2.46. The molecule has 0 spiro atoms. The molecule has 0 aliphatic heterocycles. The minimum absolute atomic E-state index is 0.00154. The SMILES string of the molecule is [O-][n+]1nc(N[C@@H]2C[C@@H]3CC[C@@H]2C3)[n+]([O-])c2ccc(F)cc21. The normalized spacial score (nSPS) is 27.4. The number of halogens is 1. The number of fused-ring (bicyclic) bond motifs is 3. The van der Waals surface area contributed by atoms with Crippen LogP contribution in [0.3, 0.4) is 0 Å². The molecule has 2 bridgehead atoms. The van der Waals surface area contributed by atoms with Crippen molar-refractivity contribution in [2.75, 3.05) is 5.32 Å². The van der Waals surface area contributed by atoms with E-state index in [4.69, 9.17) is 0 Å². The molecule has 1 aromatic heterocycles. The Kier molecular flexibility index (Phi) is 2.63. The van der Waals surface area contributed by atoms with Crippen LogP contribution in [0.4, 0.5) is 10.3 Å². The summed E-state index contributed by atoms with van der Waals surface area (Å²) < 4.78 is 13.7. The van der Waals surface area contributed by atoms with Crippen molar-refractivity contribution in [3.63, 3.8) is 0 Å². The van der Waals surface area contributed by atoms with Gasteiger partial charge in [0.2, 0.25) is 5.10 Å². The Morgan fingerprint density at radius 1 is 1.19 bits per heavy atom. The molecule has 7 heteroatoms. The maximum Gasteiger partial charge on any atom is 0.461 e. The van der Waals surface area contributed by atoms with Gasteiger partial charge in [-0.1, -0.05) is 0 Å². The van der Waals surface area contributed by atoms with E-state index < -0.39 is 5.82 Å². The molecule has 110 valence electrons. The van der Waals surface area contributed by atoms with Crippen LogP contribution in [-0.2, 0) is 0 Å². The zero-order valence-electron chi connectivity index (χ0n) is 11.3. The maximum absolute atomic E-state index is 13.2. The molecule has 0 radical (unpaired) electrons. The molecular weight excluding hydrogens is 275 g/mol. The van der Waals surface area contributed by atoms with Gasteiger partial charge in [0.15, 0.2) is 5.52 Å². The van der Waals surface area contributed by atoms with E-state index in [0.29, 0.717) is 15.5 Å². The van der Waals surface area contributed by atoms with Crippen LogP contribution >= 0.6 is 0 Å². The Hall–Kier alpha value is -2.18. The van der Waals surface area contributed by atoms with Gasteiger partial charge in [-0.15, -0.1) is 0 Å². The van der Waals surface area contributed by atoms with Crippen molar-refractivity contribution in [1.29, 1.82) is 0 Å². The van der Waals surface area contributed by atoms with Gasteiger partial charge in [-0.25, -0.2) is 9.12 Å². The van der Waals surface area contributed by atoms with Gasteiger partial charge in [-0.2, -0.15) is 0 Å². The topological polar surface area (TPSA) is 78.8 Å². The fourth-order valence-electron chi connectivity index (χ4n) is 3.79. The summed E-state index contributed by atoms with van der Waals surface area (Å²) >= 11 is 0. The molecule has 2 aromatic rings. The summed E-state index contributed by atoms with van der Waals surface area (Å²) in [6.45, 7) is 0. The summed E-state index contributed by atoms with van der Waals surface area (Å²) in [5, 5.41) is 31.0. The van der Waals surface area contributed by atoms with Crippen molar-refractivity contribution < 1.29 is 14.0 Å². The van der Waals surface area contributed by atoms with Gasteiger partial charge in [-0.3, -0.25) is 5.32 Å². The van der Waals surface area contributed by atoms with Crippen molar-refractivity contribution in [2.24, 2.45) is 11.8 Å². The van der Waals surface area contributed by atoms with E-state index in [9.17, 15) is 14.8 Å². The summed E-state index contributed by atoms with van der Waals surface area (Å²) in [5.41, 5.74) is 0.0514. The third-order valence-corrected chi connectivity index (χ3v) is 4.79. The Morgan fingerprint density at radius 2 is 2.05 bits per heavy atom. The third-order valence-electron chi connectivity index (χ3n) is 4.79. The van der Waals surface area contributed by atoms with E-state index in [1.165, 1.54) is 18.9 Å². The van der Waals surface area contributed by atoms with Crippen LogP contribution in [0.2, 0.25) is 0 Å². The van der Waals surface area contributed by atoms with E-state index in [1.807, 2.05) is 0 Å². The van der Waals surface area contributed by atoms with Gasteiger partial charge in [0, 0.05) is 4.85 Å². The van der Waals surface area contributed by atoms with Crippen molar-refractivity contribution in [2.45, 2.75) is 31.7 Å². The number of benzene rings is 1. The number of rotatable bonds is 2. The second-order valence-corrected chi connectivity index (χ2v) is 6.05. The fourth-order valence-corrected chi connectivity index (χ4v) is 3.79. The molecule has 1 heterocycles. The molecule has 0 amide bonds. The van der Waals surface area contributed by atoms with Crippen LogP contribution in [0.25, 0.3) is 11.0 Å². The van der Waals surface area contributed by atoms with Gasteiger partial charge in [0.05, 0.1) is 12.1 Å². The number of anilines is 1. The fraction of sp³-hybridized carbons (Fsp3) is 0.500. The van der Waals surface area contributed by atoms with Crippen LogP contribution in [-0.4, -0.2) is 11.1 Å².